The maximum absolute atomic E-state index is 12.3. The number of nitrogens with zero attached hydrogens (tertiary/aromatic N) is 2. The van der Waals surface area contributed by atoms with E-state index in [4.69, 9.17) is 14.8 Å². The predicted octanol–water partition coefficient (Wildman–Crippen LogP) is 0.107. The number of amides is 1. The van der Waals surface area contributed by atoms with Crippen LogP contribution in [0.3, 0.4) is 0 Å². The molecular weight excluding hydrogens is 323 g/mol. The third-order valence-corrected chi connectivity index (χ3v) is 4.21. The van der Waals surface area contributed by atoms with Crippen LogP contribution in [0.15, 0.2) is 23.9 Å². The van der Waals surface area contributed by atoms with Gasteiger partial charge in [-0.05, 0) is 38.8 Å². The molecule has 7 nitrogen and oxygen atoms in total. The second kappa shape index (κ2) is 8.27. The van der Waals surface area contributed by atoms with E-state index in [1.807, 2.05) is 19.9 Å². The maximum atomic E-state index is 12.3. The van der Waals surface area contributed by atoms with E-state index in [2.05, 4.69) is 4.98 Å². The SMILES string of the molecule is CC(=O)OCC(=O)N1[C@H](C)C/C(=C\c2ccc(B(O)O)cn2)C[C@@H]1C. The summed E-state index contributed by atoms with van der Waals surface area (Å²) in [6.07, 6.45) is 4.82. The fourth-order valence-corrected chi connectivity index (χ4v) is 3.18. The van der Waals surface area contributed by atoms with E-state index < -0.39 is 13.1 Å². The largest absolute Gasteiger partial charge is 0.490 e. The van der Waals surface area contributed by atoms with Gasteiger partial charge in [0.1, 0.15) is 0 Å². The van der Waals surface area contributed by atoms with E-state index in [0.29, 0.717) is 18.3 Å². The first-order valence-corrected chi connectivity index (χ1v) is 8.24. The van der Waals surface area contributed by atoms with Gasteiger partial charge in [-0.25, -0.2) is 0 Å². The van der Waals surface area contributed by atoms with Crippen LogP contribution in [-0.2, 0) is 14.3 Å². The fourth-order valence-electron chi connectivity index (χ4n) is 3.18. The van der Waals surface area contributed by atoms with Crippen molar-refractivity contribution in [2.45, 2.75) is 45.7 Å². The smallest absolute Gasteiger partial charge is 0.456 e. The predicted molar refractivity (Wildman–Crippen MR) is 93.7 cm³/mol. The monoisotopic (exact) mass is 346 g/mol. The highest BCUT2D eigenvalue weighted by molar-refractivity contribution is 6.58. The molecule has 2 N–H and O–H groups in total. The van der Waals surface area contributed by atoms with Gasteiger partial charge in [0.2, 0.25) is 0 Å². The molecule has 0 bridgehead atoms. The Hall–Kier alpha value is -2.19. The minimum atomic E-state index is -1.53. The lowest BCUT2D eigenvalue weighted by molar-refractivity contribution is -0.152. The second-order valence-electron chi connectivity index (χ2n) is 6.38. The van der Waals surface area contributed by atoms with Crippen LogP contribution in [-0.4, -0.2) is 57.6 Å². The standard InChI is InChI=1S/C17H23BN2O5/c1-11-6-14(8-16-5-4-15(9-19-16)18(23)24)7-12(2)20(11)17(22)10-25-13(3)21/h4-5,8-9,11-12,23-24H,6-7,10H2,1-3H3/b14-8-/t11-,12+/m0/s1. The van der Waals surface area contributed by atoms with E-state index in [0.717, 1.165) is 5.69 Å². The van der Waals surface area contributed by atoms with Crippen molar-refractivity contribution in [1.82, 2.24) is 9.88 Å². The molecule has 25 heavy (non-hydrogen) atoms. The Balaban J connectivity index is 2.05. The van der Waals surface area contributed by atoms with Crippen LogP contribution >= 0.6 is 0 Å². The van der Waals surface area contributed by atoms with Gasteiger partial charge >= 0.3 is 13.1 Å². The van der Waals surface area contributed by atoms with Crippen molar-refractivity contribution in [2.75, 3.05) is 6.61 Å². The molecule has 0 radical (unpaired) electrons. The Morgan fingerprint density at radius 2 is 1.96 bits per heavy atom. The first-order chi connectivity index (χ1) is 11.8. The van der Waals surface area contributed by atoms with Gasteiger partial charge < -0.3 is 19.7 Å². The van der Waals surface area contributed by atoms with Gasteiger partial charge in [-0.3, -0.25) is 14.6 Å². The highest BCUT2D eigenvalue weighted by atomic mass is 16.5. The van der Waals surface area contributed by atoms with Crippen molar-refractivity contribution in [2.24, 2.45) is 0 Å². The Kier molecular flexibility index (Phi) is 6.33. The molecule has 0 aliphatic carbocycles. The van der Waals surface area contributed by atoms with E-state index in [1.54, 1.807) is 17.0 Å². The molecule has 0 saturated carbocycles. The lowest BCUT2D eigenvalue weighted by atomic mass is 9.81. The topological polar surface area (TPSA) is 100.0 Å². The molecule has 1 aromatic rings. The Bertz CT molecular complexity index is 646. The molecule has 2 atom stereocenters. The zero-order valence-corrected chi connectivity index (χ0v) is 14.7. The van der Waals surface area contributed by atoms with E-state index in [9.17, 15) is 9.59 Å². The molecule has 1 amide bonds. The number of pyridine rings is 1. The lowest BCUT2D eigenvalue weighted by Crippen LogP contribution is -2.49. The summed E-state index contributed by atoms with van der Waals surface area (Å²) in [7, 11) is -1.53. The molecule has 1 fully saturated rings. The van der Waals surface area contributed by atoms with Crippen LogP contribution in [0.4, 0.5) is 0 Å². The molecule has 1 saturated heterocycles. The van der Waals surface area contributed by atoms with Gasteiger partial charge in [-0.1, -0.05) is 11.6 Å². The Morgan fingerprint density at radius 3 is 2.44 bits per heavy atom. The van der Waals surface area contributed by atoms with Crippen LogP contribution in [0.5, 0.6) is 0 Å². The highest BCUT2D eigenvalue weighted by Gasteiger charge is 2.31. The molecule has 134 valence electrons. The summed E-state index contributed by atoms with van der Waals surface area (Å²) in [5.74, 6) is -0.651. The summed E-state index contributed by atoms with van der Waals surface area (Å²) in [4.78, 5) is 29.1. The van der Waals surface area contributed by atoms with Crippen LogP contribution < -0.4 is 5.46 Å². The second-order valence-corrected chi connectivity index (χ2v) is 6.38. The number of carbonyl (C=O) groups is 2. The van der Waals surface area contributed by atoms with E-state index >= 15 is 0 Å². The highest BCUT2D eigenvalue weighted by Crippen LogP contribution is 2.28. The van der Waals surface area contributed by atoms with Gasteiger partial charge in [-0.15, -0.1) is 0 Å². The zero-order valence-electron chi connectivity index (χ0n) is 14.7. The average Bonchev–Trinajstić information content (AvgIpc) is 2.52. The van der Waals surface area contributed by atoms with Gasteiger partial charge in [0.15, 0.2) is 6.61 Å². The summed E-state index contributed by atoms with van der Waals surface area (Å²) in [6, 6.07) is 3.34. The Labute approximate surface area is 147 Å². The van der Waals surface area contributed by atoms with Crippen molar-refractivity contribution in [1.29, 1.82) is 0 Å². The number of aromatic nitrogens is 1. The molecule has 0 unspecified atom stereocenters. The average molecular weight is 346 g/mol. The normalized spacial score (nSPS) is 22.0. The minimum Gasteiger partial charge on any atom is -0.456 e. The molecule has 8 heteroatoms. The third-order valence-electron chi connectivity index (χ3n) is 4.21. The van der Waals surface area contributed by atoms with Crippen LogP contribution in [0.25, 0.3) is 6.08 Å². The number of hydrogen-bond acceptors (Lipinski definition) is 6. The van der Waals surface area contributed by atoms with Gasteiger partial charge in [-0.2, -0.15) is 0 Å². The molecule has 1 aliphatic rings. The summed E-state index contributed by atoms with van der Waals surface area (Å²) < 4.78 is 4.81. The van der Waals surface area contributed by atoms with Crippen LogP contribution in [0.1, 0.15) is 39.3 Å². The first-order valence-electron chi connectivity index (χ1n) is 8.24. The number of ether oxygens (including phenoxy) is 1. The molecule has 0 aromatic carbocycles. The van der Waals surface area contributed by atoms with Crippen LogP contribution in [0, 0.1) is 0 Å². The van der Waals surface area contributed by atoms with Crippen molar-refractivity contribution < 1.29 is 24.4 Å². The van der Waals surface area contributed by atoms with E-state index in [-0.39, 0.29) is 24.6 Å². The lowest BCUT2D eigenvalue weighted by Gasteiger charge is -2.40. The summed E-state index contributed by atoms with van der Waals surface area (Å²) in [6.45, 7) is 4.99. The third kappa shape index (κ3) is 5.14. The zero-order chi connectivity index (χ0) is 18.6. The van der Waals surface area contributed by atoms with Crippen molar-refractivity contribution in [3.05, 3.63) is 29.6 Å². The maximum Gasteiger partial charge on any atom is 0.490 e. The number of hydrogen-bond donors (Lipinski definition) is 2. The van der Waals surface area contributed by atoms with Gasteiger partial charge in [0.05, 0.1) is 5.69 Å². The molecular formula is C17H23BN2O5. The summed E-state index contributed by atoms with van der Waals surface area (Å²) >= 11 is 0. The van der Waals surface area contributed by atoms with Gasteiger partial charge in [0.25, 0.3) is 5.91 Å². The number of carbonyl (C=O) groups excluding carboxylic acids is 2. The molecule has 1 aromatic heterocycles. The first kappa shape index (κ1) is 19.1. The minimum absolute atomic E-state index is 0.00315. The molecule has 2 heterocycles. The van der Waals surface area contributed by atoms with Crippen molar-refractivity contribution in [3.8, 4) is 0 Å². The quantitative estimate of drug-likeness (QED) is 0.593. The number of piperidine rings is 1. The van der Waals surface area contributed by atoms with Gasteiger partial charge in [0, 0.05) is 30.7 Å². The van der Waals surface area contributed by atoms with E-state index in [1.165, 1.54) is 18.7 Å². The van der Waals surface area contributed by atoms with Crippen molar-refractivity contribution in [3.63, 3.8) is 0 Å². The molecule has 1 aliphatic heterocycles. The summed E-state index contributed by atoms with van der Waals surface area (Å²) in [5, 5.41) is 18.2. The summed E-state index contributed by atoms with van der Waals surface area (Å²) in [5.41, 5.74) is 2.24. The number of esters is 1. The Morgan fingerprint density at radius 1 is 1.32 bits per heavy atom. The van der Waals surface area contributed by atoms with Crippen molar-refractivity contribution >= 4 is 30.5 Å². The fraction of sp³-hybridized carbons (Fsp3) is 0.471. The molecule has 2 rings (SSSR count). The number of likely N-dealkylation sites (tertiary alicyclic amines) is 1. The van der Waals surface area contributed by atoms with Crippen LogP contribution in [0.2, 0.25) is 0 Å². The molecule has 0 spiro atoms. The number of rotatable bonds is 4.